The third kappa shape index (κ3) is 4.33. The highest BCUT2D eigenvalue weighted by Crippen LogP contribution is 2.41. The molecule has 1 aliphatic heterocycles. The minimum atomic E-state index is -4.54. The van der Waals surface area contributed by atoms with Crippen LogP contribution in [0.4, 0.5) is 13.2 Å². The van der Waals surface area contributed by atoms with E-state index in [2.05, 4.69) is 0 Å². The minimum Gasteiger partial charge on any atom is -0.507 e. The second-order valence-electron chi connectivity index (χ2n) is 8.35. The number of carbonyl (C=O) groups is 2. The molecule has 4 nitrogen and oxygen atoms in total. The summed E-state index contributed by atoms with van der Waals surface area (Å²) in [5.74, 6) is -2.06. The van der Waals surface area contributed by atoms with Crippen molar-refractivity contribution in [3.05, 3.63) is 112 Å². The Labute approximate surface area is 195 Å². The number of aliphatic hydroxyl groups excluding tert-OH is 1. The molecule has 1 heterocycles. The van der Waals surface area contributed by atoms with Crippen LogP contribution in [0.2, 0.25) is 0 Å². The molecule has 174 valence electrons. The zero-order valence-corrected chi connectivity index (χ0v) is 18.6. The number of aryl methyl sites for hydroxylation is 2. The number of benzene rings is 3. The summed E-state index contributed by atoms with van der Waals surface area (Å²) >= 11 is 0. The molecule has 34 heavy (non-hydrogen) atoms. The molecule has 1 unspecified atom stereocenters. The van der Waals surface area contributed by atoms with Crippen LogP contribution < -0.4 is 0 Å². The largest absolute Gasteiger partial charge is 0.507 e. The first-order valence-corrected chi connectivity index (χ1v) is 10.6. The number of ketones is 1. The molecule has 1 atom stereocenters. The Morgan fingerprint density at radius 1 is 0.941 bits per heavy atom. The lowest BCUT2D eigenvalue weighted by atomic mass is 9.93. The van der Waals surface area contributed by atoms with Crippen molar-refractivity contribution in [1.82, 2.24) is 4.90 Å². The standard InChI is InChI=1S/C27H22F3NO3/c1-16-11-12-17(2)21(13-16)24(32)22-23(19-8-4-3-5-9-19)31(26(34)25(22)33)15-18-7-6-10-20(14-18)27(28,29)30/h3-14,23,32H,15H2,1-2H3/b24-22+. The van der Waals surface area contributed by atoms with Crippen molar-refractivity contribution >= 4 is 17.4 Å². The van der Waals surface area contributed by atoms with Crippen molar-refractivity contribution in [2.75, 3.05) is 0 Å². The van der Waals surface area contributed by atoms with Gasteiger partial charge in [-0.2, -0.15) is 13.2 Å². The second kappa shape index (κ2) is 8.82. The van der Waals surface area contributed by atoms with Gasteiger partial charge in [-0.05, 0) is 48.7 Å². The minimum absolute atomic E-state index is 0.0862. The van der Waals surface area contributed by atoms with Crippen molar-refractivity contribution in [3.8, 4) is 0 Å². The average Bonchev–Trinajstić information content (AvgIpc) is 3.05. The van der Waals surface area contributed by atoms with E-state index in [1.54, 1.807) is 49.4 Å². The lowest BCUT2D eigenvalue weighted by Gasteiger charge is -2.26. The molecule has 0 aliphatic carbocycles. The zero-order valence-electron chi connectivity index (χ0n) is 18.6. The first-order valence-electron chi connectivity index (χ1n) is 10.6. The van der Waals surface area contributed by atoms with Crippen LogP contribution in [0, 0.1) is 13.8 Å². The van der Waals surface area contributed by atoms with Gasteiger partial charge >= 0.3 is 6.18 Å². The fraction of sp³-hybridized carbons (Fsp3) is 0.185. The summed E-state index contributed by atoms with van der Waals surface area (Å²) in [4.78, 5) is 27.4. The van der Waals surface area contributed by atoms with E-state index in [4.69, 9.17) is 0 Å². The lowest BCUT2D eigenvalue weighted by Crippen LogP contribution is -2.29. The molecule has 0 bridgehead atoms. The molecule has 1 saturated heterocycles. The van der Waals surface area contributed by atoms with E-state index in [1.165, 1.54) is 17.0 Å². The molecule has 0 radical (unpaired) electrons. The third-order valence-electron chi connectivity index (χ3n) is 5.91. The highest BCUT2D eigenvalue weighted by Gasteiger charge is 2.46. The number of hydrogen-bond donors (Lipinski definition) is 1. The Morgan fingerprint density at radius 3 is 2.32 bits per heavy atom. The summed E-state index contributed by atoms with van der Waals surface area (Å²) in [5, 5.41) is 11.2. The monoisotopic (exact) mass is 465 g/mol. The van der Waals surface area contributed by atoms with Crippen LogP contribution in [-0.4, -0.2) is 21.7 Å². The molecule has 3 aromatic carbocycles. The van der Waals surface area contributed by atoms with Crippen LogP contribution in [0.25, 0.3) is 5.76 Å². The van der Waals surface area contributed by atoms with Gasteiger partial charge in [-0.25, -0.2) is 0 Å². The van der Waals surface area contributed by atoms with Crippen LogP contribution in [0.5, 0.6) is 0 Å². The number of halogens is 3. The van der Waals surface area contributed by atoms with Gasteiger partial charge in [0.15, 0.2) is 0 Å². The van der Waals surface area contributed by atoms with Gasteiger partial charge in [-0.15, -0.1) is 0 Å². The maximum absolute atomic E-state index is 13.2. The number of alkyl halides is 3. The van der Waals surface area contributed by atoms with Gasteiger partial charge in [0.25, 0.3) is 11.7 Å². The summed E-state index contributed by atoms with van der Waals surface area (Å²) in [7, 11) is 0. The smallest absolute Gasteiger partial charge is 0.416 e. The normalized spacial score (nSPS) is 17.9. The summed E-state index contributed by atoms with van der Waals surface area (Å²) in [6.45, 7) is 3.40. The number of nitrogens with zero attached hydrogens (tertiary/aromatic N) is 1. The van der Waals surface area contributed by atoms with Gasteiger partial charge in [0, 0.05) is 12.1 Å². The number of rotatable bonds is 4. The molecule has 0 spiro atoms. The molecule has 1 aliphatic rings. The van der Waals surface area contributed by atoms with E-state index in [9.17, 15) is 27.9 Å². The number of amides is 1. The fourth-order valence-electron chi connectivity index (χ4n) is 4.20. The van der Waals surface area contributed by atoms with E-state index in [1.807, 2.05) is 13.0 Å². The van der Waals surface area contributed by atoms with Crippen LogP contribution in [-0.2, 0) is 22.3 Å². The van der Waals surface area contributed by atoms with E-state index in [0.29, 0.717) is 11.1 Å². The number of hydrogen-bond acceptors (Lipinski definition) is 3. The van der Waals surface area contributed by atoms with Crippen LogP contribution in [0.1, 0.15) is 39.4 Å². The predicted octanol–water partition coefficient (Wildman–Crippen LogP) is 5.94. The lowest BCUT2D eigenvalue weighted by molar-refractivity contribution is -0.140. The van der Waals surface area contributed by atoms with Crippen LogP contribution in [0.15, 0.2) is 78.4 Å². The second-order valence-corrected chi connectivity index (χ2v) is 8.35. The number of carbonyl (C=O) groups excluding carboxylic acids is 2. The van der Waals surface area contributed by atoms with Crippen molar-refractivity contribution in [2.45, 2.75) is 32.6 Å². The number of likely N-dealkylation sites (tertiary alicyclic amines) is 1. The van der Waals surface area contributed by atoms with Gasteiger partial charge in [0.1, 0.15) is 5.76 Å². The SMILES string of the molecule is Cc1ccc(C)c(/C(O)=C2\C(=O)C(=O)N(Cc3cccc(C(F)(F)F)c3)C2c2ccccc2)c1. The van der Waals surface area contributed by atoms with Crippen LogP contribution >= 0.6 is 0 Å². The highest BCUT2D eigenvalue weighted by molar-refractivity contribution is 6.46. The van der Waals surface area contributed by atoms with E-state index >= 15 is 0 Å². The molecule has 4 rings (SSSR count). The Kier molecular flexibility index (Phi) is 6.04. The van der Waals surface area contributed by atoms with Crippen molar-refractivity contribution in [3.63, 3.8) is 0 Å². The van der Waals surface area contributed by atoms with Gasteiger partial charge in [-0.1, -0.05) is 60.2 Å². The Balaban J connectivity index is 1.86. The van der Waals surface area contributed by atoms with Crippen molar-refractivity contribution in [1.29, 1.82) is 0 Å². The van der Waals surface area contributed by atoms with E-state index in [-0.39, 0.29) is 23.4 Å². The maximum atomic E-state index is 13.2. The Bertz CT molecular complexity index is 1300. The highest BCUT2D eigenvalue weighted by atomic mass is 19.4. The third-order valence-corrected chi connectivity index (χ3v) is 5.91. The average molecular weight is 465 g/mol. The molecule has 1 fully saturated rings. The summed E-state index contributed by atoms with van der Waals surface area (Å²) < 4.78 is 39.6. The van der Waals surface area contributed by atoms with E-state index in [0.717, 1.165) is 23.3 Å². The molecule has 3 aromatic rings. The molecule has 1 N–H and O–H groups in total. The van der Waals surface area contributed by atoms with Gasteiger partial charge in [0.2, 0.25) is 0 Å². The van der Waals surface area contributed by atoms with E-state index < -0.39 is 29.5 Å². The first-order chi connectivity index (χ1) is 16.1. The van der Waals surface area contributed by atoms with Crippen molar-refractivity contribution < 1.29 is 27.9 Å². The maximum Gasteiger partial charge on any atom is 0.416 e. The number of aliphatic hydroxyl groups is 1. The van der Waals surface area contributed by atoms with Gasteiger partial charge in [0.05, 0.1) is 17.2 Å². The summed E-state index contributed by atoms with van der Waals surface area (Å²) in [6.07, 6.45) is -4.54. The fourth-order valence-corrected chi connectivity index (χ4v) is 4.20. The molecule has 7 heteroatoms. The van der Waals surface area contributed by atoms with Gasteiger partial charge < -0.3 is 10.0 Å². The summed E-state index contributed by atoms with van der Waals surface area (Å²) in [5.41, 5.74) is 1.88. The van der Waals surface area contributed by atoms with Crippen LogP contribution in [0.3, 0.4) is 0 Å². The predicted molar refractivity (Wildman–Crippen MR) is 122 cm³/mol. The topological polar surface area (TPSA) is 57.6 Å². The molecule has 0 saturated carbocycles. The quantitative estimate of drug-likeness (QED) is 0.295. The molecular formula is C27H22F3NO3. The molecule has 1 amide bonds. The summed E-state index contributed by atoms with van der Waals surface area (Å²) in [6, 6.07) is 17.8. The Hall–Kier alpha value is -3.87. The van der Waals surface area contributed by atoms with Gasteiger partial charge in [-0.3, -0.25) is 9.59 Å². The zero-order chi connectivity index (χ0) is 24.6. The Morgan fingerprint density at radius 2 is 1.65 bits per heavy atom. The molecule has 0 aromatic heterocycles. The van der Waals surface area contributed by atoms with Crippen molar-refractivity contribution in [2.24, 2.45) is 0 Å². The number of Topliss-reactive ketones (excluding diaryl/α,β-unsaturated/α-hetero) is 1. The molecular weight excluding hydrogens is 443 g/mol. The first kappa shape index (κ1) is 23.3.